The number of piperidine rings is 1. The molecule has 0 saturated carbocycles. The van der Waals surface area contributed by atoms with E-state index in [1.165, 1.54) is 0 Å². The van der Waals surface area contributed by atoms with Crippen LogP contribution in [-0.4, -0.2) is 65.2 Å². The fourth-order valence-electron chi connectivity index (χ4n) is 3.53. The second-order valence-electron chi connectivity index (χ2n) is 7.08. The SMILES string of the molecule is COCCOCOCCCC[C@H]1C[C@H](O)C[C@@H](c2ccc(OC)c(OC)c2)N1. The molecule has 0 bridgehead atoms. The van der Waals surface area contributed by atoms with E-state index < -0.39 is 0 Å². The third-order valence-corrected chi connectivity index (χ3v) is 5.00. The summed E-state index contributed by atoms with van der Waals surface area (Å²) in [5.41, 5.74) is 1.11. The van der Waals surface area contributed by atoms with Gasteiger partial charge in [-0.2, -0.15) is 0 Å². The molecule has 3 atom stereocenters. The predicted molar refractivity (Wildman–Crippen MR) is 107 cm³/mol. The van der Waals surface area contributed by atoms with Gasteiger partial charge in [-0.25, -0.2) is 0 Å². The summed E-state index contributed by atoms with van der Waals surface area (Å²) in [6, 6.07) is 6.34. The summed E-state index contributed by atoms with van der Waals surface area (Å²) in [6.07, 6.45) is 4.21. The van der Waals surface area contributed by atoms with Crippen molar-refractivity contribution in [3.05, 3.63) is 23.8 Å². The number of hydrogen-bond donors (Lipinski definition) is 2. The van der Waals surface area contributed by atoms with Crippen molar-refractivity contribution in [1.82, 2.24) is 5.32 Å². The van der Waals surface area contributed by atoms with Gasteiger partial charge in [-0.1, -0.05) is 6.07 Å². The molecule has 1 saturated heterocycles. The number of nitrogens with one attached hydrogen (secondary N) is 1. The molecule has 0 amide bonds. The van der Waals surface area contributed by atoms with Crippen LogP contribution in [0.4, 0.5) is 0 Å². The lowest BCUT2D eigenvalue weighted by Crippen LogP contribution is -2.42. The second-order valence-corrected chi connectivity index (χ2v) is 7.08. The number of unbranched alkanes of at least 4 members (excludes halogenated alkanes) is 1. The van der Waals surface area contributed by atoms with Gasteiger partial charge in [0.15, 0.2) is 11.5 Å². The molecule has 1 heterocycles. The highest BCUT2D eigenvalue weighted by Gasteiger charge is 2.28. The Morgan fingerprint density at radius 2 is 1.75 bits per heavy atom. The first kappa shape index (κ1) is 22.9. The fourth-order valence-corrected chi connectivity index (χ4v) is 3.53. The van der Waals surface area contributed by atoms with E-state index in [1.807, 2.05) is 18.2 Å². The van der Waals surface area contributed by atoms with Crippen molar-refractivity contribution in [2.24, 2.45) is 0 Å². The lowest BCUT2D eigenvalue weighted by Gasteiger charge is -2.34. The highest BCUT2D eigenvalue weighted by atomic mass is 16.7. The minimum absolute atomic E-state index is 0.110. The van der Waals surface area contributed by atoms with Gasteiger partial charge in [0, 0.05) is 25.8 Å². The average Bonchev–Trinajstić information content (AvgIpc) is 2.71. The van der Waals surface area contributed by atoms with Crippen LogP contribution in [0.1, 0.15) is 43.7 Å². The van der Waals surface area contributed by atoms with Gasteiger partial charge >= 0.3 is 0 Å². The van der Waals surface area contributed by atoms with Crippen molar-refractivity contribution in [2.45, 2.75) is 50.3 Å². The van der Waals surface area contributed by atoms with Crippen molar-refractivity contribution in [2.75, 3.05) is 47.9 Å². The third-order valence-electron chi connectivity index (χ3n) is 5.00. The highest BCUT2D eigenvalue weighted by molar-refractivity contribution is 5.44. The lowest BCUT2D eigenvalue weighted by molar-refractivity contribution is -0.0665. The molecule has 7 nitrogen and oxygen atoms in total. The van der Waals surface area contributed by atoms with E-state index in [2.05, 4.69) is 5.32 Å². The molecular formula is C21H35NO6. The Bertz CT molecular complexity index is 556. The molecule has 0 aliphatic carbocycles. The average molecular weight is 398 g/mol. The summed E-state index contributed by atoms with van der Waals surface area (Å²) in [5.74, 6) is 1.42. The predicted octanol–water partition coefficient (Wildman–Crippen LogP) is 2.67. The zero-order chi connectivity index (χ0) is 20.2. The molecule has 28 heavy (non-hydrogen) atoms. The molecule has 0 spiro atoms. The van der Waals surface area contributed by atoms with Gasteiger partial charge < -0.3 is 34.1 Å². The Balaban J connectivity index is 1.73. The summed E-state index contributed by atoms with van der Waals surface area (Å²) < 4.78 is 26.4. The van der Waals surface area contributed by atoms with Crippen LogP contribution < -0.4 is 14.8 Å². The minimum Gasteiger partial charge on any atom is -0.493 e. The third kappa shape index (κ3) is 7.56. The number of hydrogen-bond acceptors (Lipinski definition) is 7. The van der Waals surface area contributed by atoms with Gasteiger partial charge in [-0.3, -0.25) is 0 Å². The van der Waals surface area contributed by atoms with Crippen LogP contribution in [0.3, 0.4) is 0 Å². The molecule has 7 heteroatoms. The normalized spacial score (nSPS) is 22.2. The monoisotopic (exact) mass is 397 g/mol. The molecule has 1 aliphatic heterocycles. The number of methoxy groups -OCH3 is 3. The summed E-state index contributed by atoms with van der Waals surface area (Å²) in [7, 11) is 4.92. The minimum atomic E-state index is -0.296. The number of aliphatic hydroxyl groups excluding tert-OH is 1. The quantitative estimate of drug-likeness (QED) is 0.391. The smallest absolute Gasteiger partial charge is 0.161 e. The molecular weight excluding hydrogens is 362 g/mol. The van der Waals surface area contributed by atoms with Crippen LogP contribution in [0, 0.1) is 0 Å². The summed E-state index contributed by atoms with van der Waals surface area (Å²) >= 11 is 0. The zero-order valence-electron chi connectivity index (χ0n) is 17.3. The van der Waals surface area contributed by atoms with E-state index in [9.17, 15) is 5.11 Å². The maximum atomic E-state index is 10.3. The summed E-state index contributed by atoms with van der Waals surface area (Å²) in [4.78, 5) is 0. The van der Waals surface area contributed by atoms with E-state index in [0.717, 1.165) is 31.2 Å². The Morgan fingerprint density at radius 3 is 2.50 bits per heavy atom. The fraction of sp³-hybridized carbons (Fsp3) is 0.714. The van der Waals surface area contributed by atoms with Gasteiger partial charge in [-0.05, 0) is 49.8 Å². The van der Waals surface area contributed by atoms with E-state index in [4.69, 9.17) is 23.7 Å². The summed E-state index contributed by atoms with van der Waals surface area (Å²) in [6.45, 7) is 2.13. The molecule has 0 radical (unpaired) electrons. The van der Waals surface area contributed by atoms with Crippen molar-refractivity contribution >= 4 is 0 Å². The van der Waals surface area contributed by atoms with Gasteiger partial charge in [0.1, 0.15) is 6.79 Å². The number of benzene rings is 1. The van der Waals surface area contributed by atoms with Gasteiger partial charge in [0.05, 0.1) is 33.5 Å². The first-order valence-corrected chi connectivity index (χ1v) is 9.98. The largest absolute Gasteiger partial charge is 0.493 e. The van der Waals surface area contributed by atoms with E-state index in [0.29, 0.717) is 50.6 Å². The number of rotatable bonds is 13. The second kappa shape index (κ2) is 13.0. The van der Waals surface area contributed by atoms with Crippen LogP contribution in [0.2, 0.25) is 0 Å². The van der Waals surface area contributed by atoms with Crippen molar-refractivity contribution in [1.29, 1.82) is 0 Å². The van der Waals surface area contributed by atoms with Crippen LogP contribution in [0.5, 0.6) is 11.5 Å². The van der Waals surface area contributed by atoms with Gasteiger partial charge in [-0.15, -0.1) is 0 Å². The lowest BCUT2D eigenvalue weighted by atomic mass is 9.89. The molecule has 2 rings (SSSR count). The molecule has 160 valence electrons. The van der Waals surface area contributed by atoms with Crippen LogP contribution in [0.25, 0.3) is 0 Å². The Hall–Kier alpha value is -1.38. The van der Waals surface area contributed by atoms with E-state index >= 15 is 0 Å². The Kier molecular flexibility index (Phi) is 10.6. The molecule has 1 aliphatic rings. The number of ether oxygens (including phenoxy) is 5. The van der Waals surface area contributed by atoms with Crippen molar-refractivity contribution in [3.63, 3.8) is 0 Å². The molecule has 2 N–H and O–H groups in total. The van der Waals surface area contributed by atoms with Crippen LogP contribution >= 0.6 is 0 Å². The van der Waals surface area contributed by atoms with E-state index in [1.54, 1.807) is 21.3 Å². The molecule has 0 aromatic heterocycles. The van der Waals surface area contributed by atoms with Gasteiger partial charge in [0.25, 0.3) is 0 Å². The molecule has 1 aromatic rings. The molecule has 1 fully saturated rings. The zero-order valence-corrected chi connectivity index (χ0v) is 17.3. The van der Waals surface area contributed by atoms with Crippen LogP contribution in [-0.2, 0) is 14.2 Å². The first-order chi connectivity index (χ1) is 13.7. The van der Waals surface area contributed by atoms with Gasteiger partial charge in [0.2, 0.25) is 0 Å². The Labute approximate surface area is 168 Å². The van der Waals surface area contributed by atoms with Crippen LogP contribution in [0.15, 0.2) is 18.2 Å². The first-order valence-electron chi connectivity index (χ1n) is 9.98. The maximum Gasteiger partial charge on any atom is 0.161 e. The van der Waals surface area contributed by atoms with Crippen molar-refractivity contribution < 1.29 is 28.8 Å². The van der Waals surface area contributed by atoms with E-state index in [-0.39, 0.29) is 12.1 Å². The number of aliphatic hydroxyl groups is 1. The Morgan fingerprint density at radius 1 is 0.964 bits per heavy atom. The summed E-state index contributed by atoms with van der Waals surface area (Å²) in [5, 5.41) is 14.0. The standard InChI is InChI=1S/C21H35NO6/c1-24-10-11-28-15-27-9-5-4-6-17-13-18(23)14-19(22-17)16-7-8-20(25-2)21(12-16)26-3/h7-8,12,17-19,22-23H,4-6,9-11,13-15H2,1-3H3/t17-,18-,19-/m0/s1. The molecule has 0 unspecified atom stereocenters. The maximum absolute atomic E-state index is 10.3. The van der Waals surface area contributed by atoms with Crippen molar-refractivity contribution in [3.8, 4) is 11.5 Å². The highest BCUT2D eigenvalue weighted by Crippen LogP contribution is 2.34. The molecule has 1 aromatic carbocycles. The topological polar surface area (TPSA) is 78.4 Å².